The van der Waals surface area contributed by atoms with Crippen LogP contribution < -0.4 is 10.6 Å². The number of aliphatic imine (C=N–C) groups is 1. The highest BCUT2D eigenvalue weighted by Gasteiger charge is 2.29. The first-order chi connectivity index (χ1) is 13.2. The number of carbonyl (C=O) groups is 1. The zero-order chi connectivity index (χ0) is 19.1. The van der Waals surface area contributed by atoms with Crippen LogP contribution in [0.2, 0.25) is 0 Å². The molecule has 6 heteroatoms. The van der Waals surface area contributed by atoms with Gasteiger partial charge in [-0.05, 0) is 38.2 Å². The van der Waals surface area contributed by atoms with E-state index in [9.17, 15) is 4.79 Å². The number of nitrogens with one attached hydrogen (secondary N) is 2. The Morgan fingerprint density at radius 2 is 1.93 bits per heavy atom. The summed E-state index contributed by atoms with van der Waals surface area (Å²) in [4.78, 5) is 21.1. The fraction of sp³-hybridized carbons (Fsp3) is 0.619. The summed E-state index contributed by atoms with van der Waals surface area (Å²) in [6, 6.07) is 11.5. The first-order valence-corrected chi connectivity index (χ1v) is 10.2. The minimum absolute atomic E-state index is 0.170. The molecule has 2 N–H and O–H groups in total. The third-order valence-electron chi connectivity index (χ3n) is 5.61. The first-order valence-electron chi connectivity index (χ1n) is 10.2. The van der Waals surface area contributed by atoms with E-state index in [0.717, 1.165) is 51.4 Å². The fourth-order valence-corrected chi connectivity index (χ4v) is 4.04. The highest BCUT2D eigenvalue weighted by Crippen LogP contribution is 2.20. The van der Waals surface area contributed by atoms with Crippen molar-refractivity contribution in [1.29, 1.82) is 0 Å². The quantitative estimate of drug-likeness (QED) is 0.612. The Balaban J connectivity index is 1.45. The zero-order valence-electron chi connectivity index (χ0n) is 16.7. The normalized spacial score (nSPS) is 24.1. The number of hydrogen-bond acceptors (Lipinski definition) is 3. The Morgan fingerprint density at radius 3 is 2.63 bits per heavy atom. The first kappa shape index (κ1) is 19.7. The standard InChI is InChI=1S/C21H33N5O/c1-17-13-19(16-26(17)15-18-9-5-3-6-10-18)24-21(22-2)23-14-20(27)25-11-7-4-8-12-25/h3,5-6,9-10,17,19H,4,7-8,11-16H2,1-2H3,(H2,22,23,24). The van der Waals surface area contributed by atoms with E-state index in [1.165, 1.54) is 12.0 Å². The maximum absolute atomic E-state index is 12.3. The number of nitrogens with zero attached hydrogens (tertiary/aromatic N) is 3. The van der Waals surface area contributed by atoms with E-state index in [0.29, 0.717) is 18.6 Å². The van der Waals surface area contributed by atoms with E-state index in [4.69, 9.17) is 0 Å². The Labute approximate surface area is 163 Å². The van der Waals surface area contributed by atoms with Crippen LogP contribution in [0.15, 0.2) is 35.3 Å². The molecule has 3 rings (SSSR count). The summed E-state index contributed by atoms with van der Waals surface area (Å²) >= 11 is 0. The van der Waals surface area contributed by atoms with Gasteiger partial charge in [0.1, 0.15) is 0 Å². The minimum Gasteiger partial charge on any atom is -0.352 e. The molecule has 2 saturated heterocycles. The van der Waals surface area contributed by atoms with Gasteiger partial charge in [-0.3, -0.25) is 14.7 Å². The number of benzene rings is 1. The molecule has 2 aliphatic rings. The third kappa shape index (κ3) is 5.70. The van der Waals surface area contributed by atoms with E-state index in [-0.39, 0.29) is 5.91 Å². The van der Waals surface area contributed by atoms with Crippen LogP contribution >= 0.6 is 0 Å². The molecule has 1 aromatic carbocycles. The van der Waals surface area contributed by atoms with Gasteiger partial charge in [-0.15, -0.1) is 0 Å². The van der Waals surface area contributed by atoms with Crippen molar-refractivity contribution in [3.8, 4) is 0 Å². The molecule has 2 unspecified atom stereocenters. The number of hydrogen-bond donors (Lipinski definition) is 2. The fourth-order valence-electron chi connectivity index (χ4n) is 4.04. The molecule has 0 aliphatic carbocycles. The second-order valence-electron chi connectivity index (χ2n) is 7.71. The van der Waals surface area contributed by atoms with Gasteiger partial charge in [0.2, 0.25) is 5.91 Å². The lowest BCUT2D eigenvalue weighted by atomic mass is 10.1. The summed E-state index contributed by atoms with van der Waals surface area (Å²) in [5, 5.41) is 6.70. The van der Waals surface area contributed by atoms with Gasteiger partial charge in [0.05, 0.1) is 6.54 Å². The molecule has 0 saturated carbocycles. The monoisotopic (exact) mass is 371 g/mol. The Hall–Kier alpha value is -2.08. The van der Waals surface area contributed by atoms with Crippen molar-refractivity contribution in [2.75, 3.05) is 33.2 Å². The van der Waals surface area contributed by atoms with Gasteiger partial charge in [0.15, 0.2) is 5.96 Å². The van der Waals surface area contributed by atoms with Gasteiger partial charge in [-0.2, -0.15) is 0 Å². The van der Waals surface area contributed by atoms with E-state index >= 15 is 0 Å². The Morgan fingerprint density at radius 1 is 1.19 bits per heavy atom. The van der Waals surface area contributed by atoms with E-state index in [1.807, 2.05) is 4.90 Å². The van der Waals surface area contributed by atoms with Crippen LogP contribution in [-0.4, -0.2) is 67.0 Å². The van der Waals surface area contributed by atoms with Crippen molar-refractivity contribution in [3.05, 3.63) is 35.9 Å². The summed E-state index contributed by atoms with van der Waals surface area (Å²) < 4.78 is 0. The predicted octanol–water partition coefficient (Wildman–Crippen LogP) is 1.83. The van der Waals surface area contributed by atoms with Crippen molar-refractivity contribution in [3.63, 3.8) is 0 Å². The molecule has 1 amide bonds. The molecular formula is C21H33N5O. The highest BCUT2D eigenvalue weighted by molar-refractivity contribution is 5.86. The lowest BCUT2D eigenvalue weighted by molar-refractivity contribution is -0.130. The Bertz CT molecular complexity index is 627. The topological polar surface area (TPSA) is 60.0 Å². The summed E-state index contributed by atoms with van der Waals surface area (Å²) in [7, 11) is 1.76. The van der Waals surface area contributed by atoms with Crippen molar-refractivity contribution in [1.82, 2.24) is 20.4 Å². The summed E-state index contributed by atoms with van der Waals surface area (Å²) in [6.07, 6.45) is 4.55. The van der Waals surface area contributed by atoms with Gasteiger partial charge in [0, 0.05) is 45.3 Å². The largest absolute Gasteiger partial charge is 0.352 e. The molecule has 27 heavy (non-hydrogen) atoms. The molecule has 2 heterocycles. The second-order valence-corrected chi connectivity index (χ2v) is 7.71. The van der Waals surface area contributed by atoms with Gasteiger partial charge in [-0.25, -0.2) is 0 Å². The van der Waals surface area contributed by atoms with Crippen LogP contribution in [0.1, 0.15) is 38.2 Å². The summed E-state index contributed by atoms with van der Waals surface area (Å²) in [5.74, 6) is 0.891. The molecule has 0 bridgehead atoms. The number of guanidine groups is 1. The number of carbonyl (C=O) groups excluding carboxylic acids is 1. The van der Waals surface area contributed by atoms with Crippen LogP contribution in [0, 0.1) is 0 Å². The number of likely N-dealkylation sites (tertiary alicyclic amines) is 2. The Kier molecular flexibility index (Phi) is 7.10. The molecule has 0 radical (unpaired) electrons. The zero-order valence-corrected chi connectivity index (χ0v) is 16.7. The molecule has 0 aromatic heterocycles. The second kappa shape index (κ2) is 9.74. The molecule has 1 aromatic rings. The van der Waals surface area contributed by atoms with Crippen LogP contribution in [0.3, 0.4) is 0 Å². The van der Waals surface area contributed by atoms with Crippen LogP contribution in [-0.2, 0) is 11.3 Å². The molecule has 2 atom stereocenters. The van der Waals surface area contributed by atoms with Gasteiger partial charge in [-0.1, -0.05) is 30.3 Å². The van der Waals surface area contributed by atoms with Crippen molar-refractivity contribution in [2.45, 2.75) is 51.2 Å². The summed E-state index contributed by atoms with van der Waals surface area (Å²) in [5.41, 5.74) is 1.35. The molecule has 0 spiro atoms. The molecular weight excluding hydrogens is 338 g/mol. The maximum Gasteiger partial charge on any atom is 0.241 e. The number of amides is 1. The minimum atomic E-state index is 0.170. The highest BCUT2D eigenvalue weighted by atomic mass is 16.2. The van der Waals surface area contributed by atoms with E-state index < -0.39 is 0 Å². The van der Waals surface area contributed by atoms with E-state index in [1.54, 1.807) is 7.05 Å². The van der Waals surface area contributed by atoms with Gasteiger partial charge in [0.25, 0.3) is 0 Å². The lowest BCUT2D eigenvalue weighted by Crippen LogP contribution is -2.48. The van der Waals surface area contributed by atoms with Crippen LogP contribution in [0.4, 0.5) is 0 Å². The molecule has 6 nitrogen and oxygen atoms in total. The van der Waals surface area contributed by atoms with Crippen molar-refractivity contribution in [2.24, 2.45) is 4.99 Å². The van der Waals surface area contributed by atoms with E-state index in [2.05, 4.69) is 57.8 Å². The van der Waals surface area contributed by atoms with Crippen LogP contribution in [0.25, 0.3) is 0 Å². The average molecular weight is 372 g/mol. The van der Waals surface area contributed by atoms with Crippen molar-refractivity contribution >= 4 is 11.9 Å². The SMILES string of the molecule is CN=C(NCC(=O)N1CCCCC1)NC1CC(C)N(Cc2ccccc2)C1. The lowest BCUT2D eigenvalue weighted by Gasteiger charge is -2.27. The maximum atomic E-state index is 12.3. The summed E-state index contributed by atoms with van der Waals surface area (Å²) in [6.45, 7) is 6.33. The number of piperidine rings is 1. The number of rotatable bonds is 5. The van der Waals surface area contributed by atoms with Crippen LogP contribution in [0.5, 0.6) is 0 Å². The molecule has 2 fully saturated rings. The van der Waals surface area contributed by atoms with Gasteiger partial charge < -0.3 is 15.5 Å². The third-order valence-corrected chi connectivity index (χ3v) is 5.61. The average Bonchev–Trinajstić information content (AvgIpc) is 3.05. The van der Waals surface area contributed by atoms with Gasteiger partial charge >= 0.3 is 0 Å². The smallest absolute Gasteiger partial charge is 0.241 e. The van der Waals surface area contributed by atoms with Crippen molar-refractivity contribution < 1.29 is 4.79 Å². The molecule has 148 valence electrons. The molecule has 2 aliphatic heterocycles. The predicted molar refractivity (Wildman–Crippen MR) is 110 cm³/mol.